The number of nitrogens with two attached hydrogens (primary N) is 3. The standard InChI is InChI=1S/C26H41N9O9S/c1-14-10-18(28)22(44-24-17(27)9-8-15(42-24)11-31-33-29)19(36)21(14)43-25-20(37)23(26(38,13-41-25)12-32-34-30)35(2)45(39,40)16-6-4-3-5-7-16/h3-8,14,17-25,36-38H,9-13,27-28H2,1-2H3,(H2,29,31)/t14-,17-,18+,19-,20-,21+,22-,23-,24-,25-,26+/m1/s1. The summed E-state index contributed by atoms with van der Waals surface area (Å²) in [5.74, 6) is 5.14. The fourth-order valence-electron chi connectivity index (χ4n) is 5.94. The molecule has 1 saturated carbocycles. The maximum atomic E-state index is 13.5. The molecule has 18 nitrogen and oxygen atoms in total. The van der Waals surface area contributed by atoms with Gasteiger partial charge in [0.15, 0.2) is 6.29 Å². The molecule has 4 rings (SSSR count). The Hall–Kier alpha value is -2.94. The van der Waals surface area contributed by atoms with E-state index in [1.807, 2.05) is 0 Å². The molecule has 1 aromatic rings. The highest BCUT2D eigenvalue weighted by molar-refractivity contribution is 7.89. The summed E-state index contributed by atoms with van der Waals surface area (Å²) in [5, 5.41) is 44.7. The average molecular weight is 656 g/mol. The van der Waals surface area contributed by atoms with Gasteiger partial charge in [-0.1, -0.05) is 35.5 Å². The van der Waals surface area contributed by atoms with Crippen molar-refractivity contribution in [1.29, 1.82) is 0 Å². The molecule has 2 heterocycles. The van der Waals surface area contributed by atoms with E-state index in [4.69, 9.17) is 41.8 Å². The molecule has 3 aliphatic rings. The lowest BCUT2D eigenvalue weighted by atomic mass is 9.80. The van der Waals surface area contributed by atoms with Crippen molar-refractivity contribution in [2.75, 3.05) is 26.7 Å². The summed E-state index contributed by atoms with van der Waals surface area (Å²) < 4.78 is 51.5. The second-order valence-electron chi connectivity index (χ2n) is 11.5. The fourth-order valence-corrected chi connectivity index (χ4v) is 7.39. The fraction of sp³-hybridized carbons (Fsp3) is 0.692. The molecule has 0 bridgehead atoms. The number of azide groups is 1. The van der Waals surface area contributed by atoms with Crippen LogP contribution in [-0.2, 0) is 29.0 Å². The molecule has 0 aromatic heterocycles. The minimum atomic E-state index is -4.26. The van der Waals surface area contributed by atoms with Gasteiger partial charge in [0.05, 0.1) is 36.2 Å². The van der Waals surface area contributed by atoms with Crippen molar-refractivity contribution in [1.82, 2.24) is 4.31 Å². The van der Waals surface area contributed by atoms with Crippen LogP contribution in [0.25, 0.3) is 10.4 Å². The molecule has 0 unspecified atom stereocenters. The Morgan fingerprint density at radius 1 is 1.13 bits per heavy atom. The number of aliphatic hydroxyl groups is 3. The molecule has 250 valence electrons. The Labute approximate surface area is 260 Å². The van der Waals surface area contributed by atoms with Crippen molar-refractivity contribution < 1.29 is 42.7 Å². The number of ether oxygens (including phenoxy) is 4. The number of hydrogen-bond donors (Lipinski definition) is 6. The van der Waals surface area contributed by atoms with Crippen molar-refractivity contribution in [2.45, 2.75) is 85.4 Å². The Morgan fingerprint density at radius 3 is 2.49 bits per heavy atom. The minimum absolute atomic E-state index is 0.0731. The third kappa shape index (κ3) is 7.55. The van der Waals surface area contributed by atoms with Gasteiger partial charge in [0.2, 0.25) is 16.3 Å². The van der Waals surface area contributed by atoms with Crippen molar-refractivity contribution in [3.8, 4) is 0 Å². The third-order valence-corrected chi connectivity index (χ3v) is 10.1. The number of nitrogens with zero attached hydrogens (tertiary/aromatic N) is 6. The molecule has 9 N–H and O–H groups in total. The van der Waals surface area contributed by atoms with Crippen LogP contribution in [-0.4, -0.2) is 116 Å². The molecule has 19 heteroatoms. The molecule has 1 aromatic carbocycles. The van der Waals surface area contributed by atoms with Crippen LogP contribution in [0.5, 0.6) is 0 Å². The highest BCUT2D eigenvalue weighted by Gasteiger charge is 2.55. The zero-order valence-corrected chi connectivity index (χ0v) is 25.7. The van der Waals surface area contributed by atoms with Crippen LogP contribution in [0.3, 0.4) is 0 Å². The zero-order valence-electron chi connectivity index (χ0n) is 24.9. The summed E-state index contributed by atoms with van der Waals surface area (Å²) in [4.78, 5) is 2.58. The first-order valence-electron chi connectivity index (χ1n) is 14.3. The number of benzene rings is 1. The van der Waals surface area contributed by atoms with Gasteiger partial charge in [-0.2, -0.15) is 9.42 Å². The predicted octanol–water partition coefficient (Wildman–Crippen LogP) is -0.784. The van der Waals surface area contributed by atoms with Crippen LogP contribution in [0.4, 0.5) is 0 Å². The van der Waals surface area contributed by atoms with E-state index < -0.39 is 83.9 Å². The molecule has 45 heavy (non-hydrogen) atoms. The smallest absolute Gasteiger partial charge is 0.243 e. The largest absolute Gasteiger partial charge is 0.466 e. The van der Waals surface area contributed by atoms with Crippen LogP contribution in [0.15, 0.2) is 62.5 Å². The van der Waals surface area contributed by atoms with Gasteiger partial charge in [0.1, 0.15) is 36.2 Å². The van der Waals surface area contributed by atoms with Gasteiger partial charge in [0, 0.05) is 18.0 Å². The number of rotatable bonds is 11. The number of aliphatic hydroxyl groups excluding tert-OH is 2. The van der Waals surface area contributed by atoms with E-state index in [0.717, 1.165) is 4.31 Å². The van der Waals surface area contributed by atoms with Gasteiger partial charge >= 0.3 is 0 Å². The Bertz CT molecular complexity index is 1370. The van der Waals surface area contributed by atoms with Crippen molar-refractivity contribution in [3.05, 3.63) is 52.6 Å². The topological polar surface area (TPSA) is 287 Å². The van der Waals surface area contributed by atoms with Gasteiger partial charge in [-0.25, -0.2) is 8.42 Å². The van der Waals surface area contributed by atoms with Crippen LogP contribution in [0.2, 0.25) is 0 Å². The monoisotopic (exact) mass is 655 g/mol. The van der Waals surface area contributed by atoms with Crippen molar-refractivity contribution in [3.63, 3.8) is 0 Å². The van der Waals surface area contributed by atoms with Crippen molar-refractivity contribution in [2.24, 2.45) is 38.7 Å². The summed E-state index contributed by atoms with van der Waals surface area (Å²) in [5.41, 5.74) is 19.4. The van der Waals surface area contributed by atoms with Gasteiger partial charge in [0.25, 0.3) is 0 Å². The normalized spacial score (nSPS) is 37.6. The summed E-state index contributed by atoms with van der Waals surface area (Å²) >= 11 is 0. The average Bonchev–Trinajstić information content (AvgIpc) is 3.01. The molecule has 1 saturated heterocycles. The first kappa shape index (κ1) is 34.9. The lowest BCUT2D eigenvalue weighted by Crippen LogP contribution is -2.70. The SMILES string of the molecule is C[C@@H]1C[C@H](N)[C@@H](O[C@H]2OC(CN=NN)=CC[C@H]2N)[C@H](O)[C@H]1O[C@H]1OC[C@@](O)(CN=[N+]=[N-])[C@H](N(C)S(=O)(=O)c2ccccc2)[C@H]1O. The van der Waals surface area contributed by atoms with Crippen LogP contribution in [0, 0.1) is 5.92 Å². The molecule has 0 spiro atoms. The van der Waals surface area contributed by atoms with E-state index in [9.17, 15) is 23.7 Å². The van der Waals surface area contributed by atoms with Gasteiger partial charge in [-0.05, 0) is 42.5 Å². The molecule has 0 amide bonds. The maximum absolute atomic E-state index is 13.5. The predicted molar refractivity (Wildman–Crippen MR) is 157 cm³/mol. The lowest BCUT2D eigenvalue weighted by molar-refractivity contribution is -0.312. The molecule has 0 radical (unpaired) electrons. The number of sulfonamides is 1. The van der Waals surface area contributed by atoms with Gasteiger partial charge in [-0.3, -0.25) is 0 Å². The van der Waals surface area contributed by atoms with Crippen LogP contribution in [0.1, 0.15) is 19.8 Å². The third-order valence-electron chi connectivity index (χ3n) is 8.30. The molecular weight excluding hydrogens is 614 g/mol. The number of hydrogen-bond acceptors (Lipinski definition) is 14. The maximum Gasteiger partial charge on any atom is 0.243 e. The highest BCUT2D eigenvalue weighted by atomic mass is 32.2. The van der Waals surface area contributed by atoms with E-state index in [0.29, 0.717) is 18.6 Å². The minimum Gasteiger partial charge on any atom is -0.466 e. The quantitative estimate of drug-likeness (QED) is 0.0562. The first-order chi connectivity index (χ1) is 21.3. The van der Waals surface area contributed by atoms with E-state index in [1.54, 1.807) is 19.1 Å². The summed E-state index contributed by atoms with van der Waals surface area (Å²) in [6, 6.07) is 4.62. The first-order valence-corrected chi connectivity index (χ1v) is 15.8. The Morgan fingerprint density at radius 2 is 1.82 bits per heavy atom. The molecule has 2 fully saturated rings. The highest BCUT2D eigenvalue weighted by Crippen LogP contribution is 2.36. The molecule has 2 aliphatic heterocycles. The molecule has 1 aliphatic carbocycles. The van der Waals surface area contributed by atoms with E-state index in [-0.39, 0.29) is 17.4 Å². The molecule has 11 atom stereocenters. The van der Waals surface area contributed by atoms with Crippen LogP contribution < -0.4 is 17.3 Å². The molecular formula is C26H41N9O9S. The van der Waals surface area contributed by atoms with Gasteiger partial charge in [-0.15, -0.1) is 0 Å². The van der Waals surface area contributed by atoms with E-state index in [2.05, 4.69) is 20.4 Å². The van der Waals surface area contributed by atoms with Crippen molar-refractivity contribution >= 4 is 10.0 Å². The summed E-state index contributed by atoms with van der Waals surface area (Å²) in [6.07, 6.45) is -5.23. The Kier molecular flexibility index (Phi) is 11.4. The second-order valence-corrected chi connectivity index (χ2v) is 13.5. The summed E-state index contributed by atoms with van der Waals surface area (Å²) in [7, 11) is -3.08. The summed E-state index contributed by atoms with van der Waals surface area (Å²) in [6.45, 7) is 0.681. The zero-order chi connectivity index (χ0) is 32.9. The Balaban J connectivity index is 1.55. The van der Waals surface area contributed by atoms with E-state index >= 15 is 0 Å². The number of likely N-dealkylation sites (N-methyl/N-ethyl adjacent to an activating group) is 1. The van der Waals surface area contributed by atoms with Crippen LogP contribution >= 0.6 is 0 Å². The van der Waals surface area contributed by atoms with E-state index in [1.165, 1.54) is 31.3 Å². The lowest BCUT2D eigenvalue weighted by Gasteiger charge is -2.50. The second kappa shape index (κ2) is 14.7. The van der Waals surface area contributed by atoms with Gasteiger partial charge < -0.3 is 51.6 Å².